The summed E-state index contributed by atoms with van der Waals surface area (Å²) in [6.07, 6.45) is -0.344. The van der Waals surface area contributed by atoms with Crippen LogP contribution in [0.25, 0.3) is 0 Å². The Balaban J connectivity index is 1.54. The minimum absolute atomic E-state index is 0.0815. The summed E-state index contributed by atoms with van der Waals surface area (Å²) >= 11 is 0. The Morgan fingerprint density at radius 3 is 2.83 bits per heavy atom. The van der Waals surface area contributed by atoms with Crippen LogP contribution in [0.3, 0.4) is 0 Å². The van der Waals surface area contributed by atoms with E-state index in [-0.39, 0.29) is 12.0 Å². The van der Waals surface area contributed by atoms with Gasteiger partial charge in [0.1, 0.15) is 0 Å². The lowest BCUT2D eigenvalue weighted by Crippen LogP contribution is -2.46. The predicted octanol–water partition coefficient (Wildman–Crippen LogP) is 1.41. The Hall–Kier alpha value is -2.25. The molecule has 0 spiro atoms. The number of rotatable bonds is 5. The third-order valence-electron chi connectivity index (χ3n) is 3.94. The zero-order valence-corrected chi connectivity index (χ0v) is 14.0. The van der Waals surface area contributed by atoms with Crippen LogP contribution in [0, 0.1) is 6.92 Å². The Kier molecular flexibility index (Phi) is 5.22. The molecule has 1 fully saturated rings. The van der Waals surface area contributed by atoms with Crippen molar-refractivity contribution in [1.82, 2.24) is 20.0 Å². The molecule has 0 saturated carbocycles. The molecule has 1 amide bonds. The van der Waals surface area contributed by atoms with Crippen molar-refractivity contribution in [2.45, 2.75) is 19.6 Å². The summed E-state index contributed by atoms with van der Waals surface area (Å²) < 4.78 is 11.1. The van der Waals surface area contributed by atoms with Gasteiger partial charge in [0.05, 0.1) is 19.7 Å². The van der Waals surface area contributed by atoms with Gasteiger partial charge >= 0.3 is 0 Å². The number of nitrogens with zero attached hydrogens (tertiary/aromatic N) is 4. The number of morpholine rings is 1. The van der Waals surface area contributed by atoms with Gasteiger partial charge in [-0.05, 0) is 12.6 Å². The first-order chi connectivity index (χ1) is 11.6. The third kappa shape index (κ3) is 4.18. The standard InChI is InChI=1S/C17H22N4O3/c1-13-18-19-17(24-13)15-11-21(8-9-23-15)16(22)12-20(2)10-14-6-4-3-5-7-14/h3-7,15H,8-12H2,1-2H3. The molecule has 1 aliphatic heterocycles. The highest BCUT2D eigenvalue weighted by Crippen LogP contribution is 2.21. The van der Waals surface area contributed by atoms with Gasteiger partial charge in [-0.25, -0.2) is 0 Å². The minimum Gasteiger partial charge on any atom is -0.423 e. The maximum atomic E-state index is 12.5. The molecule has 1 aromatic carbocycles. The van der Waals surface area contributed by atoms with Crippen molar-refractivity contribution in [2.75, 3.05) is 33.3 Å². The lowest BCUT2D eigenvalue weighted by molar-refractivity contribution is -0.140. The number of aromatic nitrogens is 2. The molecule has 7 nitrogen and oxygen atoms in total. The van der Waals surface area contributed by atoms with Crippen LogP contribution >= 0.6 is 0 Å². The molecule has 0 radical (unpaired) electrons. The fourth-order valence-electron chi connectivity index (χ4n) is 2.75. The lowest BCUT2D eigenvalue weighted by atomic mass is 10.2. The highest BCUT2D eigenvalue weighted by Gasteiger charge is 2.29. The normalized spacial score (nSPS) is 18.1. The van der Waals surface area contributed by atoms with Crippen molar-refractivity contribution in [3.63, 3.8) is 0 Å². The number of ether oxygens (including phenoxy) is 1. The molecular weight excluding hydrogens is 308 g/mol. The van der Waals surface area contributed by atoms with Gasteiger partial charge < -0.3 is 14.1 Å². The molecule has 2 heterocycles. The van der Waals surface area contributed by atoms with Crippen molar-refractivity contribution in [3.05, 3.63) is 47.7 Å². The van der Waals surface area contributed by atoms with E-state index < -0.39 is 0 Å². The molecule has 1 unspecified atom stereocenters. The van der Waals surface area contributed by atoms with Gasteiger partial charge in [0.15, 0.2) is 6.10 Å². The average molecular weight is 330 g/mol. The molecule has 24 heavy (non-hydrogen) atoms. The van der Waals surface area contributed by atoms with E-state index in [1.807, 2.05) is 30.1 Å². The zero-order chi connectivity index (χ0) is 16.9. The number of amides is 1. The van der Waals surface area contributed by atoms with Crippen LogP contribution in [0.2, 0.25) is 0 Å². The van der Waals surface area contributed by atoms with Crippen LogP contribution in [-0.2, 0) is 16.1 Å². The number of hydrogen-bond donors (Lipinski definition) is 0. The summed E-state index contributed by atoms with van der Waals surface area (Å²) in [5.74, 6) is 1.01. The van der Waals surface area contributed by atoms with Gasteiger partial charge in [0.25, 0.3) is 0 Å². The monoisotopic (exact) mass is 330 g/mol. The summed E-state index contributed by atoms with van der Waals surface area (Å²) in [4.78, 5) is 16.4. The summed E-state index contributed by atoms with van der Waals surface area (Å²) in [6, 6.07) is 10.1. The molecule has 128 valence electrons. The van der Waals surface area contributed by atoms with Crippen LogP contribution in [-0.4, -0.2) is 59.2 Å². The van der Waals surface area contributed by atoms with E-state index in [1.54, 1.807) is 11.8 Å². The van der Waals surface area contributed by atoms with Gasteiger partial charge in [-0.15, -0.1) is 10.2 Å². The van der Waals surface area contributed by atoms with E-state index in [4.69, 9.17) is 9.15 Å². The largest absolute Gasteiger partial charge is 0.423 e. The first-order valence-electron chi connectivity index (χ1n) is 8.03. The van der Waals surface area contributed by atoms with E-state index >= 15 is 0 Å². The van der Waals surface area contributed by atoms with E-state index in [0.717, 1.165) is 6.54 Å². The van der Waals surface area contributed by atoms with Crippen molar-refractivity contribution in [1.29, 1.82) is 0 Å². The number of aryl methyl sites for hydroxylation is 1. The van der Waals surface area contributed by atoms with Crippen LogP contribution in [0.5, 0.6) is 0 Å². The number of hydrogen-bond acceptors (Lipinski definition) is 6. The van der Waals surface area contributed by atoms with Crippen molar-refractivity contribution < 1.29 is 13.9 Å². The number of carbonyl (C=O) groups excluding carboxylic acids is 1. The fourth-order valence-corrected chi connectivity index (χ4v) is 2.75. The summed E-state index contributed by atoms with van der Waals surface area (Å²) in [6.45, 7) is 4.34. The molecule has 7 heteroatoms. The quantitative estimate of drug-likeness (QED) is 0.825. The van der Waals surface area contributed by atoms with Crippen molar-refractivity contribution in [3.8, 4) is 0 Å². The second kappa shape index (κ2) is 7.55. The fraction of sp³-hybridized carbons (Fsp3) is 0.471. The van der Waals surface area contributed by atoms with Crippen molar-refractivity contribution in [2.24, 2.45) is 0 Å². The Morgan fingerprint density at radius 1 is 1.33 bits per heavy atom. The molecule has 1 atom stereocenters. The second-order valence-electron chi connectivity index (χ2n) is 6.02. The molecule has 0 bridgehead atoms. The summed E-state index contributed by atoms with van der Waals surface area (Å²) in [5.41, 5.74) is 1.19. The highest BCUT2D eigenvalue weighted by atomic mass is 16.5. The summed E-state index contributed by atoms with van der Waals surface area (Å²) in [5, 5.41) is 7.81. The third-order valence-corrected chi connectivity index (χ3v) is 3.94. The van der Waals surface area contributed by atoms with E-state index in [1.165, 1.54) is 5.56 Å². The number of carbonyl (C=O) groups is 1. The zero-order valence-electron chi connectivity index (χ0n) is 14.0. The molecular formula is C17H22N4O3. The molecule has 2 aromatic rings. The maximum Gasteiger partial charge on any atom is 0.246 e. The topological polar surface area (TPSA) is 71.7 Å². The molecule has 1 aliphatic rings. The Morgan fingerprint density at radius 2 is 2.12 bits per heavy atom. The van der Waals surface area contributed by atoms with Gasteiger partial charge in [0.2, 0.25) is 17.7 Å². The van der Waals surface area contributed by atoms with Crippen LogP contribution in [0.15, 0.2) is 34.7 Å². The Labute approximate surface area is 141 Å². The Bertz CT molecular complexity index is 673. The minimum atomic E-state index is -0.344. The highest BCUT2D eigenvalue weighted by molar-refractivity contribution is 5.78. The van der Waals surface area contributed by atoms with E-state index in [0.29, 0.717) is 38.0 Å². The molecule has 1 saturated heterocycles. The van der Waals surface area contributed by atoms with Crippen LogP contribution in [0.4, 0.5) is 0 Å². The number of likely N-dealkylation sites (N-methyl/N-ethyl adjacent to an activating group) is 1. The van der Waals surface area contributed by atoms with Gasteiger partial charge in [-0.3, -0.25) is 9.69 Å². The number of benzene rings is 1. The first-order valence-corrected chi connectivity index (χ1v) is 8.03. The molecule has 3 rings (SSSR count). The van der Waals surface area contributed by atoms with E-state index in [2.05, 4.69) is 22.3 Å². The molecule has 0 aliphatic carbocycles. The van der Waals surface area contributed by atoms with Gasteiger partial charge in [-0.2, -0.15) is 0 Å². The van der Waals surface area contributed by atoms with E-state index in [9.17, 15) is 4.79 Å². The van der Waals surface area contributed by atoms with Crippen LogP contribution < -0.4 is 0 Å². The average Bonchev–Trinajstić information content (AvgIpc) is 3.02. The van der Waals surface area contributed by atoms with Gasteiger partial charge in [-0.1, -0.05) is 30.3 Å². The second-order valence-corrected chi connectivity index (χ2v) is 6.02. The van der Waals surface area contributed by atoms with Gasteiger partial charge in [0, 0.05) is 20.0 Å². The smallest absolute Gasteiger partial charge is 0.246 e. The molecule has 0 N–H and O–H groups in total. The summed E-state index contributed by atoms with van der Waals surface area (Å²) in [7, 11) is 1.95. The maximum absolute atomic E-state index is 12.5. The van der Waals surface area contributed by atoms with Crippen LogP contribution in [0.1, 0.15) is 23.4 Å². The first kappa shape index (κ1) is 16.6. The lowest BCUT2D eigenvalue weighted by Gasteiger charge is -2.32. The van der Waals surface area contributed by atoms with Crippen molar-refractivity contribution >= 4 is 5.91 Å². The SMILES string of the molecule is Cc1nnc(C2CN(C(=O)CN(C)Cc3ccccc3)CCO2)o1. The predicted molar refractivity (Wildman–Crippen MR) is 87.1 cm³/mol. The molecule has 1 aromatic heterocycles.